The van der Waals surface area contributed by atoms with E-state index < -0.39 is 0 Å². The first-order chi connectivity index (χ1) is 6.25. The van der Waals surface area contributed by atoms with E-state index in [-0.39, 0.29) is 0 Å². The fourth-order valence-corrected chi connectivity index (χ4v) is 1.30. The Bertz CT molecular complexity index is 428. The smallest absolute Gasteiger partial charge is 0.158 e. The SMILES string of the molecule is Clc1cc(-n2cc(Br)cn2)ncn1. The average molecular weight is 259 g/mol. The molecule has 2 rings (SSSR count). The highest BCUT2D eigenvalue weighted by atomic mass is 79.9. The largest absolute Gasteiger partial charge is 0.224 e. The van der Waals surface area contributed by atoms with E-state index in [0.717, 1.165) is 4.47 Å². The van der Waals surface area contributed by atoms with Crippen molar-refractivity contribution in [1.82, 2.24) is 19.7 Å². The van der Waals surface area contributed by atoms with Gasteiger partial charge in [-0.2, -0.15) is 5.10 Å². The minimum absolute atomic E-state index is 0.400. The Labute approximate surface area is 87.7 Å². The molecule has 0 atom stereocenters. The Morgan fingerprint density at radius 2 is 2.23 bits per heavy atom. The molecule has 0 amide bonds. The van der Waals surface area contributed by atoms with E-state index in [1.54, 1.807) is 23.1 Å². The average Bonchev–Trinajstić information content (AvgIpc) is 2.52. The van der Waals surface area contributed by atoms with E-state index in [4.69, 9.17) is 11.6 Å². The van der Waals surface area contributed by atoms with Crippen molar-refractivity contribution in [3.05, 3.63) is 34.4 Å². The van der Waals surface area contributed by atoms with Crippen LogP contribution in [0.1, 0.15) is 0 Å². The lowest BCUT2D eigenvalue weighted by Gasteiger charge is -1.97. The zero-order chi connectivity index (χ0) is 9.26. The van der Waals surface area contributed by atoms with Crippen LogP contribution in [-0.4, -0.2) is 19.7 Å². The summed E-state index contributed by atoms with van der Waals surface area (Å²) in [5, 5.41) is 4.45. The number of hydrogen-bond acceptors (Lipinski definition) is 3. The van der Waals surface area contributed by atoms with Crippen molar-refractivity contribution < 1.29 is 0 Å². The first-order valence-electron chi connectivity index (χ1n) is 3.44. The Morgan fingerprint density at radius 3 is 2.85 bits per heavy atom. The highest BCUT2D eigenvalue weighted by molar-refractivity contribution is 9.10. The normalized spacial score (nSPS) is 10.3. The predicted molar refractivity (Wildman–Crippen MR) is 51.9 cm³/mol. The van der Waals surface area contributed by atoms with Crippen molar-refractivity contribution in [2.45, 2.75) is 0 Å². The molecule has 66 valence electrons. The maximum atomic E-state index is 5.70. The van der Waals surface area contributed by atoms with Crippen LogP contribution in [0.25, 0.3) is 5.82 Å². The lowest BCUT2D eigenvalue weighted by Crippen LogP contribution is -1.97. The Morgan fingerprint density at radius 1 is 1.38 bits per heavy atom. The van der Waals surface area contributed by atoms with Gasteiger partial charge < -0.3 is 0 Å². The van der Waals surface area contributed by atoms with Crippen LogP contribution in [0.3, 0.4) is 0 Å². The number of nitrogens with zero attached hydrogens (tertiary/aromatic N) is 4. The minimum Gasteiger partial charge on any atom is -0.224 e. The van der Waals surface area contributed by atoms with Crippen molar-refractivity contribution >= 4 is 27.5 Å². The molecule has 0 saturated carbocycles. The van der Waals surface area contributed by atoms with Gasteiger partial charge in [0.2, 0.25) is 0 Å². The summed E-state index contributed by atoms with van der Waals surface area (Å²) < 4.78 is 2.50. The fraction of sp³-hybridized carbons (Fsp3) is 0. The van der Waals surface area contributed by atoms with Gasteiger partial charge in [-0.15, -0.1) is 0 Å². The summed E-state index contributed by atoms with van der Waals surface area (Å²) in [4.78, 5) is 7.78. The third-order valence-corrected chi connectivity index (χ3v) is 2.02. The summed E-state index contributed by atoms with van der Waals surface area (Å²) in [6, 6.07) is 1.64. The third-order valence-electron chi connectivity index (χ3n) is 1.41. The molecule has 0 unspecified atom stereocenters. The molecule has 0 saturated heterocycles. The highest BCUT2D eigenvalue weighted by Gasteiger charge is 2.00. The molecule has 2 aromatic heterocycles. The van der Waals surface area contributed by atoms with Crippen LogP contribution in [0.15, 0.2) is 29.3 Å². The number of halogens is 2. The molecule has 0 spiro atoms. The Balaban J connectivity index is 2.46. The van der Waals surface area contributed by atoms with Gasteiger partial charge in [-0.25, -0.2) is 14.6 Å². The maximum Gasteiger partial charge on any atom is 0.158 e. The molecule has 0 fully saturated rings. The van der Waals surface area contributed by atoms with Crippen molar-refractivity contribution in [2.24, 2.45) is 0 Å². The van der Waals surface area contributed by atoms with E-state index >= 15 is 0 Å². The topological polar surface area (TPSA) is 43.6 Å². The van der Waals surface area contributed by atoms with Crippen LogP contribution in [-0.2, 0) is 0 Å². The van der Waals surface area contributed by atoms with Gasteiger partial charge in [-0.1, -0.05) is 11.6 Å². The predicted octanol–water partition coefficient (Wildman–Crippen LogP) is 2.08. The number of rotatable bonds is 1. The molecule has 2 aromatic rings. The van der Waals surface area contributed by atoms with E-state index in [9.17, 15) is 0 Å². The summed E-state index contributed by atoms with van der Waals surface area (Å²) in [7, 11) is 0. The maximum absolute atomic E-state index is 5.70. The molecule has 4 nitrogen and oxygen atoms in total. The second-order valence-electron chi connectivity index (χ2n) is 2.30. The van der Waals surface area contributed by atoms with Crippen molar-refractivity contribution in [3.8, 4) is 5.82 Å². The second-order valence-corrected chi connectivity index (χ2v) is 3.60. The van der Waals surface area contributed by atoms with Crippen LogP contribution in [0.2, 0.25) is 5.15 Å². The zero-order valence-corrected chi connectivity index (χ0v) is 8.70. The van der Waals surface area contributed by atoms with Crippen LogP contribution < -0.4 is 0 Å². The molecule has 6 heteroatoms. The minimum atomic E-state index is 0.400. The van der Waals surface area contributed by atoms with Crippen molar-refractivity contribution in [2.75, 3.05) is 0 Å². The molecule has 2 heterocycles. The molecule has 13 heavy (non-hydrogen) atoms. The lowest BCUT2D eigenvalue weighted by molar-refractivity contribution is 0.839. The molecule has 0 aliphatic heterocycles. The first-order valence-corrected chi connectivity index (χ1v) is 4.61. The van der Waals surface area contributed by atoms with Gasteiger partial charge >= 0.3 is 0 Å². The molecular formula is C7H4BrClN4. The van der Waals surface area contributed by atoms with Gasteiger partial charge in [-0.05, 0) is 15.9 Å². The number of hydrogen-bond donors (Lipinski definition) is 0. The van der Waals surface area contributed by atoms with Gasteiger partial charge in [0.05, 0.1) is 10.7 Å². The summed E-state index contributed by atoms with van der Waals surface area (Å²) in [6.45, 7) is 0. The number of aromatic nitrogens is 4. The molecule has 0 radical (unpaired) electrons. The quantitative estimate of drug-likeness (QED) is 0.737. The van der Waals surface area contributed by atoms with E-state index in [1.807, 2.05) is 0 Å². The monoisotopic (exact) mass is 258 g/mol. The summed E-state index contributed by atoms with van der Waals surface area (Å²) in [5.74, 6) is 0.644. The molecule has 0 bridgehead atoms. The summed E-state index contributed by atoms with van der Waals surface area (Å²) >= 11 is 8.99. The van der Waals surface area contributed by atoms with Crippen LogP contribution in [0.5, 0.6) is 0 Å². The van der Waals surface area contributed by atoms with Gasteiger partial charge in [0.15, 0.2) is 5.82 Å². The van der Waals surface area contributed by atoms with E-state index in [2.05, 4.69) is 31.0 Å². The Hall–Kier alpha value is -0.940. The summed E-state index contributed by atoms with van der Waals surface area (Å²) in [6.07, 6.45) is 4.86. The van der Waals surface area contributed by atoms with E-state index in [1.165, 1.54) is 6.33 Å². The van der Waals surface area contributed by atoms with Crippen LogP contribution in [0.4, 0.5) is 0 Å². The lowest BCUT2D eigenvalue weighted by atomic mass is 10.6. The van der Waals surface area contributed by atoms with Gasteiger partial charge in [-0.3, -0.25) is 0 Å². The van der Waals surface area contributed by atoms with Crippen LogP contribution in [0, 0.1) is 0 Å². The van der Waals surface area contributed by atoms with Gasteiger partial charge in [0.25, 0.3) is 0 Å². The zero-order valence-electron chi connectivity index (χ0n) is 6.35. The molecule has 0 aromatic carbocycles. The van der Waals surface area contributed by atoms with Crippen molar-refractivity contribution in [1.29, 1.82) is 0 Å². The van der Waals surface area contributed by atoms with Crippen molar-refractivity contribution in [3.63, 3.8) is 0 Å². The second kappa shape index (κ2) is 3.43. The highest BCUT2D eigenvalue weighted by Crippen LogP contribution is 2.12. The van der Waals surface area contributed by atoms with E-state index in [0.29, 0.717) is 11.0 Å². The standard InChI is InChI=1S/C7H4BrClN4/c8-5-2-12-13(3-5)7-1-6(9)10-4-11-7/h1-4H. The molecule has 0 aliphatic rings. The Kier molecular flexibility index (Phi) is 2.28. The van der Waals surface area contributed by atoms with Gasteiger partial charge in [0.1, 0.15) is 11.5 Å². The molecule has 0 aliphatic carbocycles. The third kappa shape index (κ3) is 1.87. The van der Waals surface area contributed by atoms with Crippen LogP contribution >= 0.6 is 27.5 Å². The van der Waals surface area contributed by atoms with Gasteiger partial charge in [0, 0.05) is 12.3 Å². The molecule has 0 N–H and O–H groups in total. The fourth-order valence-electron chi connectivity index (χ4n) is 0.876. The molecular weight excluding hydrogens is 255 g/mol. The first kappa shape index (κ1) is 8.65. The summed E-state index contributed by atoms with van der Waals surface area (Å²) in [5.41, 5.74) is 0.